The fourth-order valence-electron chi connectivity index (χ4n) is 3.74. The average molecular weight is 253 g/mol. The summed E-state index contributed by atoms with van der Waals surface area (Å²) in [6, 6.07) is 0.784. The van der Waals surface area contributed by atoms with Crippen LogP contribution in [0.15, 0.2) is 0 Å². The normalized spacial score (nSPS) is 39.5. The highest BCUT2D eigenvalue weighted by molar-refractivity contribution is 4.91. The van der Waals surface area contributed by atoms with Crippen LogP contribution in [0, 0.1) is 5.41 Å². The second-order valence-corrected chi connectivity index (χ2v) is 6.56. The van der Waals surface area contributed by atoms with Gasteiger partial charge in [-0.1, -0.05) is 6.92 Å². The molecule has 3 aliphatic rings. The summed E-state index contributed by atoms with van der Waals surface area (Å²) >= 11 is 0. The largest absolute Gasteiger partial charge is 0.379 e. The van der Waals surface area contributed by atoms with Gasteiger partial charge in [-0.25, -0.2) is 0 Å². The van der Waals surface area contributed by atoms with Gasteiger partial charge in [-0.2, -0.15) is 0 Å². The van der Waals surface area contributed by atoms with Crippen molar-refractivity contribution in [1.82, 2.24) is 15.1 Å². The maximum atomic E-state index is 5.45. The second-order valence-electron chi connectivity index (χ2n) is 6.56. The number of ether oxygens (including phenoxy) is 1. The Bertz CT molecular complexity index is 272. The highest BCUT2D eigenvalue weighted by Gasteiger charge is 2.35. The topological polar surface area (TPSA) is 27.7 Å². The first kappa shape index (κ1) is 12.9. The molecule has 2 atom stereocenters. The van der Waals surface area contributed by atoms with E-state index in [2.05, 4.69) is 22.0 Å². The van der Waals surface area contributed by atoms with E-state index in [9.17, 15) is 0 Å². The molecule has 3 aliphatic heterocycles. The number of likely N-dealkylation sites (tertiary alicyclic amines) is 1. The number of nitrogens with zero attached hydrogens (tertiary/aromatic N) is 2. The minimum Gasteiger partial charge on any atom is -0.379 e. The third-order valence-corrected chi connectivity index (χ3v) is 4.87. The van der Waals surface area contributed by atoms with Gasteiger partial charge in [-0.3, -0.25) is 4.90 Å². The average Bonchev–Trinajstić information content (AvgIpc) is 3.00. The van der Waals surface area contributed by atoms with Crippen molar-refractivity contribution in [1.29, 1.82) is 0 Å². The van der Waals surface area contributed by atoms with Crippen LogP contribution in [0.4, 0.5) is 0 Å². The van der Waals surface area contributed by atoms with Gasteiger partial charge >= 0.3 is 0 Å². The van der Waals surface area contributed by atoms with E-state index >= 15 is 0 Å². The Morgan fingerprint density at radius 3 is 2.83 bits per heavy atom. The highest BCUT2D eigenvalue weighted by atomic mass is 16.5. The summed E-state index contributed by atoms with van der Waals surface area (Å²) < 4.78 is 5.45. The van der Waals surface area contributed by atoms with E-state index in [0.29, 0.717) is 5.41 Å². The van der Waals surface area contributed by atoms with Crippen LogP contribution in [0.3, 0.4) is 0 Å². The van der Waals surface area contributed by atoms with E-state index in [1.807, 2.05) is 0 Å². The zero-order valence-electron chi connectivity index (χ0n) is 11.7. The molecule has 0 amide bonds. The Hall–Kier alpha value is -0.160. The molecule has 0 aromatic carbocycles. The first-order valence-electron chi connectivity index (χ1n) is 7.50. The summed E-state index contributed by atoms with van der Waals surface area (Å²) in [5, 5.41) is 3.51. The molecule has 4 nitrogen and oxygen atoms in total. The Labute approximate surface area is 111 Å². The van der Waals surface area contributed by atoms with Crippen molar-refractivity contribution in [3.63, 3.8) is 0 Å². The molecule has 4 heteroatoms. The Balaban J connectivity index is 1.48. The molecule has 0 saturated carbocycles. The lowest BCUT2D eigenvalue weighted by molar-refractivity contribution is 0.0178. The van der Waals surface area contributed by atoms with Gasteiger partial charge in [0.1, 0.15) is 0 Å². The van der Waals surface area contributed by atoms with Gasteiger partial charge in [0, 0.05) is 38.8 Å². The molecule has 0 aromatic heterocycles. The van der Waals surface area contributed by atoms with Gasteiger partial charge < -0.3 is 15.0 Å². The molecule has 0 bridgehead atoms. The molecule has 0 spiro atoms. The van der Waals surface area contributed by atoms with E-state index < -0.39 is 0 Å². The first-order chi connectivity index (χ1) is 8.75. The molecule has 3 saturated heterocycles. The van der Waals surface area contributed by atoms with E-state index in [1.165, 1.54) is 45.6 Å². The minimum absolute atomic E-state index is 0.514. The zero-order valence-corrected chi connectivity index (χ0v) is 11.7. The van der Waals surface area contributed by atoms with Crippen molar-refractivity contribution < 1.29 is 4.74 Å². The SMILES string of the molecule is CC1(CN2CCC(N3CCOCC3)C2)CCNC1. The minimum atomic E-state index is 0.514. The molecule has 1 N–H and O–H groups in total. The van der Waals surface area contributed by atoms with Crippen LogP contribution in [0.1, 0.15) is 19.8 Å². The molecule has 2 unspecified atom stereocenters. The molecule has 0 aliphatic carbocycles. The van der Waals surface area contributed by atoms with Crippen molar-refractivity contribution in [3.05, 3.63) is 0 Å². The van der Waals surface area contributed by atoms with Gasteiger partial charge in [0.05, 0.1) is 13.2 Å². The number of nitrogens with one attached hydrogen (secondary N) is 1. The highest BCUT2D eigenvalue weighted by Crippen LogP contribution is 2.28. The van der Waals surface area contributed by atoms with E-state index in [4.69, 9.17) is 4.74 Å². The van der Waals surface area contributed by atoms with Gasteiger partial charge in [0.15, 0.2) is 0 Å². The van der Waals surface area contributed by atoms with Crippen LogP contribution in [0.25, 0.3) is 0 Å². The number of hydrogen-bond acceptors (Lipinski definition) is 4. The van der Waals surface area contributed by atoms with Crippen molar-refractivity contribution in [2.45, 2.75) is 25.8 Å². The molecule has 18 heavy (non-hydrogen) atoms. The smallest absolute Gasteiger partial charge is 0.0594 e. The molecule has 3 rings (SSSR count). The molecular weight excluding hydrogens is 226 g/mol. The number of hydrogen-bond donors (Lipinski definition) is 1. The number of morpholine rings is 1. The second kappa shape index (κ2) is 5.45. The summed E-state index contributed by atoms with van der Waals surface area (Å²) in [5.41, 5.74) is 0.514. The van der Waals surface area contributed by atoms with Gasteiger partial charge in [-0.05, 0) is 31.3 Å². The van der Waals surface area contributed by atoms with E-state index in [-0.39, 0.29) is 0 Å². The standard InChI is InChI=1S/C14H27N3O/c1-14(3-4-15-11-14)12-16-5-2-13(10-16)17-6-8-18-9-7-17/h13,15H,2-12H2,1H3. The van der Waals surface area contributed by atoms with Crippen LogP contribution in [0.2, 0.25) is 0 Å². The van der Waals surface area contributed by atoms with Gasteiger partial charge in [-0.15, -0.1) is 0 Å². The first-order valence-corrected chi connectivity index (χ1v) is 7.50. The fraction of sp³-hybridized carbons (Fsp3) is 1.00. The summed E-state index contributed by atoms with van der Waals surface area (Å²) in [7, 11) is 0. The van der Waals surface area contributed by atoms with Crippen LogP contribution >= 0.6 is 0 Å². The number of rotatable bonds is 3. The molecule has 104 valence electrons. The molecular formula is C14H27N3O. The lowest BCUT2D eigenvalue weighted by Gasteiger charge is -2.33. The van der Waals surface area contributed by atoms with Crippen LogP contribution in [-0.2, 0) is 4.74 Å². The Morgan fingerprint density at radius 2 is 2.11 bits per heavy atom. The predicted octanol–water partition coefficient (Wildman–Crippen LogP) is 0.393. The summed E-state index contributed by atoms with van der Waals surface area (Å²) in [6.07, 6.45) is 2.69. The Kier molecular flexibility index (Phi) is 3.89. The van der Waals surface area contributed by atoms with Crippen LogP contribution < -0.4 is 5.32 Å². The molecule has 0 aromatic rings. The summed E-state index contributed by atoms with van der Waals surface area (Å²) in [5.74, 6) is 0. The third kappa shape index (κ3) is 2.87. The van der Waals surface area contributed by atoms with Crippen molar-refractivity contribution in [2.24, 2.45) is 5.41 Å². The third-order valence-electron chi connectivity index (χ3n) is 4.87. The zero-order chi connectivity index (χ0) is 12.4. The molecule has 3 fully saturated rings. The molecule has 0 radical (unpaired) electrons. The van der Waals surface area contributed by atoms with E-state index in [1.54, 1.807) is 0 Å². The van der Waals surface area contributed by atoms with Gasteiger partial charge in [0.25, 0.3) is 0 Å². The van der Waals surface area contributed by atoms with Crippen LogP contribution in [-0.4, -0.2) is 74.9 Å². The van der Waals surface area contributed by atoms with E-state index in [0.717, 1.165) is 32.3 Å². The lowest BCUT2D eigenvalue weighted by Crippen LogP contribution is -2.45. The van der Waals surface area contributed by atoms with Crippen molar-refractivity contribution in [2.75, 3.05) is 59.0 Å². The monoisotopic (exact) mass is 253 g/mol. The van der Waals surface area contributed by atoms with Gasteiger partial charge in [0.2, 0.25) is 0 Å². The fourth-order valence-corrected chi connectivity index (χ4v) is 3.74. The quantitative estimate of drug-likeness (QED) is 0.787. The van der Waals surface area contributed by atoms with Crippen LogP contribution in [0.5, 0.6) is 0 Å². The summed E-state index contributed by atoms with van der Waals surface area (Å²) in [4.78, 5) is 5.33. The maximum absolute atomic E-state index is 5.45. The Morgan fingerprint density at radius 1 is 1.28 bits per heavy atom. The lowest BCUT2D eigenvalue weighted by atomic mass is 9.89. The molecule has 3 heterocycles. The maximum Gasteiger partial charge on any atom is 0.0594 e. The summed E-state index contributed by atoms with van der Waals surface area (Å²) in [6.45, 7) is 12.8. The van der Waals surface area contributed by atoms with Crippen molar-refractivity contribution >= 4 is 0 Å². The predicted molar refractivity (Wildman–Crippen MR) is 72.8 cm³/mol. The van der Waals surface area contributed by atoms with Crippen molar-refractivity contribution in [3.8, 4) is 0 Å².